The molecular weight excluding hydrogens is 328 g/mol. The summed E-state index contributed by atoms with van der Waals surface area (Å²) < 4.78 is 0. The lowest BCUT2D eigenvalue weighted by Crippen LogP contribution is -2.49. The van der Waals surface area contributed by atoms with E-state index in [2.05, 4.69) is 20.7 Å². The molecule has 0 spiro atoms. The molecule has 24 heavy (non-hydrogen) atoms. The molecule has 2 rings (SSSR count). The Morgan fingerprint density at radius 3 is 2.46 bits per heavy atom. The Morgan fingerprint density at radius 1 is 1.25 bits per heavy atom. The maximum Gasteiger partial charge on any atom is 0.243 e. The molecule has 1 aromatic heterocycles. The molecule has 0 bridgehead atoms. The van der Waals surface area contributed by atoms with Crippen molar-refractivity contribution in [2.45, 2.75) is 45.7 Å². The smallest absolute Gasteiger partial charge is 0.243 e. The van der Waals surface area contributed by atoms with Gasteiger partial charge in [-0.05, 0) is 25.0 Å². The Labute approximate surface area is 148 Å². The van der Waals surface area contributed by atoms with Crippen LogP contribution >= 0.6 is 12.4 Å². The van der Waals surface area contributed by atoms with Gasteiger partial charge in [-0.25, -0.2) is 0 Å². The normalized spacial score (nSPS) is 11.0. The molecule has 1 aromatic carbocycles. The zero-order valence-corrected chi connectivity index (χ0v) is 15.1. The third-order valence-corrected chi connectivity index (χ3v) is 4.09. The fraction of sp³-hybridized carbons (Fsp3) is 0.500. The number of hydrogen-bond acceptors (Lipinski definition) is 5. The van der Waals surface area contributed by atoms with Crippen molar-refractivity contribution in [1.82, 2.24) is 25.5 Å². The van der Waals surface area contributed by atoms with E-state index in [-0.39, 0.29) is 30.4 Å². The number of aryl methyl sites for hydroxylation is 1. The molecule has 1 amide bonds. The summed E-state index contributed by atoms with van der Waals surface area (Å²) in [5, 5.41) is 15.0. The number of hydrogen-bond donors (Lipinski definition) is 2. The zero-order chi connectivity index (χ0) is 16.9. The molecule has 132 valence electrons. The van der Waals surface area contributed by atoms with Gasteiger partial charge in [-0.2, -0.15) is 4.80 Å². The highest BCUT2D eigenvalue weighted by molar-refractivity contribution is 5.85. The highest BCUT2D eigenvalue weighted by Crippen LogP contribution is 2.14. The topological polar surface area (TPSA) is 98.7 Å². The lowest BCUT2D eigenvalue weighted by molar-refractivity contribution is -0.122. The first-order valence-corrected chi connectivity index (χ1v) is 7.86. The van der Waals surface area contributed by atoms with E-state index in [0.29, 0.717) is 12.4 Å². The second kappa shape index (κ2) is 8.75. The van der Waals surface area contributed by atoms with Crippen LogP contribution in [-0.4, -0.2) is 38.2 Å². The molecule has 0 fully saturated rings. The monoisotopic (exact) mass is 352 g/mol. The van der Waals surface area contributed by atoms with Crippen molar-refractivity contribution in [2.24, 2.45) is 5.73 Å². The van der Waals surface area contributed by atoms with E-state index >= 15 is 0 Å². The van der Waals surface area contributed by atoms with Crippen molar-refractivity contribution in [3.8, 4) is 11.4 Å². The molecule has 0 radical (unpaired) electrons. The minimum Gasteiger partial charge on any atom is -0.353 e. The Morgan fingerprint density at radius 2 is 1.88 bits per heavy atom. The molecule has 1 heterocycles. The van der Waals surface area contributed by atoms with Gasteiger partial charge in [0.15, 0.2) is 0 Å². The fourth-order valence-electron chi connectivity index (χ4n) is 2.09. The van der Waals surface area contributed by atoms with Crippen molar-refractivity contribution in [3.05, 3.63) is 29.8 Å². The Kier molecular flexibility index (Phi) is 7.31. The van der Waals surface area contributed by atoms with Crippen LogP contribution in [0.1, 0.15) is 32.3 Å². The lowest BCUT2D eigenvalue weighted by Gasteiger charge is -2.26. The van der Waals surface area contributed by atoms with Crippen molar-refractivity contribution in [3.63, 3.8) is 0 Å². The predicted octanol–water partition coefficient (Wildman–Crippen LogP) is 1.70. The van der Waals surface area contributed by atoms with E-state index in [9.17, 15) is 4.79 Å². The standard InChI is InChI=1S/C16H24N6O.ClH/c1-4-16(17,5-2)11-18-14(23)10-22-20-15(19-21-22)13-8-6-12(3)7-9-13;/h6-9H,4-5,10-11,17H2,1-3H3,(H,18,23);1H. The number of nitrogens with two attached hydrogens (primary N) is 1. The Bertz CT molecular complexity index is 651. The maximum atomic E-state index is 12.0. The minimum atomic E-state index is -0.363. The molecule has 0 aliphatic heterocycles. The summed E-state index contributed by atoms with van der Waals surface area (Å²) >= 11 is 0. The van der Waals surface area contributed by atoms with Gasteiger partial charge >= 0.3 is 0 Å². The van der Waals surface area contributed by atoms with E-state index in [1.807, 2.05) is 45.0 Å². The van der Waals surface area contributed by atoms with E-state index < -0.39 is 0 Å². The number of halogens is 1. The molecule has 0 atom stereocenters. The highest BCUT2D eigenvalue weighted by Gasteiger charge is 2.21. The van der Waals surface area contributed by atoms with Gasteiger partial charge in [0.1, 0.15) is 6.54 Å². The van der Waals surface area contributed by atoms with E-state index in [1.54, 1.807) is 0 Å². The lowest BCUT2D eigenvalue weighted by atomic mass is 9.94. The number of carbonyl (C=O) groups excluding carboxylic acids is 1. The molecule has 0 saturated carbocycles. The fourth-order valence-corrected chi connectivity index (χ4v) is 2.09. The number of carbonyl (C=O) groups is 1. The van der Waals surface area contributed by atoms with Crippen LogP contribution in [0.2, 0.25) is 0 Å². The van der Waals surface area contributed by atoms with Gasteiger partial charge in [-0.1, -0.05) is 43.7 Å². The second-order valence-electron chi connectivity index (χ2n) is 5.86. The summed E-state index contributed by atoms with van der Waals surface area (Å²) in [4.78, 5) is 13.3. The first kappa shape index (κ1) is 20.1. The van der Waals surface area contributed by atoms with E-state index in [0.717, 1.165) is 24.0 Å². The number of amides is 1. The Balaban J connectivity index is 0.00000288. The van der Waals surface area contributed by atoms with Gasteiger partial charge in [-0.3, -0.25) is 4.79 Å². The third kappa shape index (κ3) is 5.28. The number of aromatic nitrogens is 4. The van der Waals surface area contributed by atoms with Crippen LogP contribution in [0.4, 0.5) is 0 Å². The van der Waals surface area contributed by atoms with Crippen LogP contribution in [-0.2, 0) is 11.3 Å². The van der Waals surface area contributed by atoms with Crippen LogP contribution in [0.25, 0.3) is 11.4 Å². The molecule has 0 saturated heterocycles. The average molecular weight is 353 g/mol. The van der Waals surface area contributed by atoms with Crippen molar-refractivity contribution < 1.29 is 4.79 Å². The second-order valence-corrected chi connectivity index (χ2v) is 5.86. The summed E-state index contributed by atoms with van der Waals surface area (Å²) in [7, 11) is 0. The van der Waals surface area contributed by atoms with Crippen molar-refractivity contribution in [2.75, 3.05) is 6.54 Å². The van der Waals surface area contributed by atoms with Gasteiger partial charge < -0.3 is 11.1 Å². The average Bonchev–Trinajstić information content (AvgIpc) is 3.01. The van der Waals surface area contributed by atoms with Crippen LogP contribution < -0.4 is 11.1 Å². The number of rotatable bonds is 7. The van der Waals surface area contributed by atoms with Gasteiger partial charge in [0.25, 0.3) is 0 Å². The van der Waals surface area contributed by atoms with Crippen LogP contribution in [0.15, 0.2) is 24.3 Å². The van der Waals surface area contributed by atoms with Crippen molar-refractivity contribution >= 4 is 18.3 Å². The SMILES string of the molecule is CCC(N)(CC)CNC(=O)Cn1nnc(-c2ccc(C)cc2)n1.Cl. The minimum absolute atomic E-state index is 0. The quantitative estimate of drug-likeness (QED) is 0.790. The maximum absolute atomic E-state index is 12.0. The summed E-state index contributed by atoms with van der Waals surface area (Å²) in [6, 6.07) is 7.84. The van der Waals surface area contributed by atoms with Crippen molar-refractivity contribution in [1.29, 1.82) is 0 Å². The molecule has 0 aliphatic rings. The predicted molar refractivity (Wildman–Crippen MR) is 95.7 cm³/mol. The van der Waals surface area contributed by atoms with Crippen LogP contribution in [0.3, 0.4) is 0 Å². The molecule has 7 nitrogen and oxygen atoms in total. The van der Waals surface area contributed by atoms with Gasteiger partial charge in [0, 0.05) is 17.6 Å². The Hall–Kier alpha value is -1.99. The molecule has 0 aliphatic carbocycles. The molecular formula is C16H25ClN6O. The van der Waals surface area contributed by atoms with Gasteiger partial charge in [0.05, 0.1) is 0 Å². The highest BCUT2D eigenvalue weighted by atomic mass is 35.5. The number of nitrogens with zero attached hydrogens (tertiary/aromatic N) is 4. The number of tetrazole rings is 1. The molecule has 8 heteroatoms. The molecule has 3 N–H and O–H groups in total. The summed E-state index contributed by atoms with van der Waals surface area (Å²) in [6.07, 6.45) is 1.62. The number of benzene rings is 1. The third-order valence-electron chi connectivity index (χ3n) is 4.09. The zero-order valence-electron chi connectivity index (χ0n) is 14.3. The largest absolute Gasteiger partial charge is 0.353 e. The summed E-state index contributed by atoms with van der Waals surface area (Å²) in [5.74, 6) is 0.336. The van der Waals surface area contributed by atoms with Crippen LogP contribution in [0, 0.1) is 6.92 Å². The van der Waals surface area contributed by atoms with E-state index in [1.165, 1.54) is 4.80 Å². The first-order valence-electron chi connectivity index (χ1n) is 7.86. The van der Waals surface area contributed by atoms with Gasteiger partial charge in [-0.15, -0.1) is 22.6 Å². The molecule has 0 unspecified atom stereocenters. The van der Waals surface area contributed by atoms with Gasteiger partial charge in [0.2, 0.25) is 11.7 Å². The number of nitrogens with one attached hydrogen (secondary N) is 1. The summed E-state index contributed by atoms with van der Waals surface area (Å²) in [5.41, 5.74) is 7.84. The van der Waals surface area contributed by atoms with Crippen LogP contribution in [0.5, 0.6) is 0 Å². The summed E-state index contributed by atoms with van der Waals surface area (Å²) in [6.45, 7) is 6.52. The van der Waals surface area contributed by atoms with E-state index in [4.69, 9.17) is 5.73 Å². The molecule has 2 aromatic rings. The first-order chi connectivity index (χ1) is 11.0.